The Kier molecular flexibility index (Phi) is 6.27. The number of benzene rings is 2. The maximum absolute atomic E-state index is 13.0. The average molecular weight is 483 g/mol. The van der Waals surface area contributed by atoms with Crippen LogP contribution in [0.3, 0.4) is 0 Å². The summed E-state index contributed by atoms with van der Waals surface area (Å²) < 4.78 is 13.0. The lowest BCUT2D eigenvalue weighted by Gasteiger charge is -2.31. The first-order valence-corrected chi connectivity index (χ1v) is 11.3. The Hall–Kier alpha value is -3.52. The lowest BCUT2D eigenvalue weighted by Crippen LogP contribution is -2.41. The molecule has 0 saturated carbocycles. The van der Waals surface area contributed by atoms with Gasteiger partial charge < -0.3 is 14.8 Å². The van der Waals surface area contributed by atoms with Crippen LogP contribution < -0.4 is 15.0 Å². The highest BCUT2D eigenvalue weighted by Crippen LogP contribution is 2.35. The van der Waals surface area contributed by atoms with Crippen LogP contribution in [-0.4, -0.2) is 40.5 Å². The van der Waals surface area contributed by atoms with Crippen molar-refractivity contribution in [3.05, 3.63) is 64.4 Å². The summed E-state index contributed by atoms with van der Waals surface area (Å²) >= 11 is 6.27. The molecule has 0 bridgehead atoms. The number of nitrogens with one attached hydrogen (secondary N) is 1. The van der Waals surface area contributed by atoms with Crippen molar-refractivity contribution in [3.8, 4) is 11.4 Å². The molecule has 2 heterocycles. The zero-order valence-corrected chi connectivity index (χ0v) is 20.6. The lowest BCUT2D eigenvalue weighted by atomic mass is 10.1. The van der Waals surface area contributed by atoms with Gasteiger partial charge in [-0.25, -0.2) is 9.48 Å². The molecule has 0 unspecified atom stereocenters. The van der Waals surface area contributed by atoms with Crippen LogP contribution in [0, 0.1) is 13.8 Å². The summed E-state index contributed by atoms with van der Waals surface area (Å²) in [5, 5.41) is 7.94. The Morgan fingerprint density at radius 3 is 2.59 bits per heavy atom. The van der Waals surface area contributed by atoms with Gasteiger partial charge in [0.2, 0.25) is 0 Å². The second-order valence-electron chi connectivity index (χ2n) is 9.06. The number of fused-ring (bicyclic) bond motifs is 1. The van der Waals surface area contributed by atoms with E-state index >= 15 is 0 Å². The maximum atomic E-state index is 13.0. The predicted octanol–water partition coefficient (Wildman–Crippen LogP) is 5.53. The molecule has 178 valence electrons. The second-order valence-corrected chi connectivity index (χ2v) is 9.44. The number of anilines is 2. The smallest absolute Gasteiger partial charge is 0.415 e. The molecule has 1 aliphatic heterocycles. The minimum absolute atomic E-state index is 0.283. The predicted molar refractivity (Wildman–Crippen MR) is 132 cm³/mol. The molecule has 0 radical (unpaired) electrons. The van der Waals surface area contributed by atoms with Crippen molar-refractivity contribution >= 4 is 35.0 Å². The number of aromatic nitrogens is 2. The normalized spacial score (nSPS) is 13.2. The van der Waals surface area contributed by atoms with E-state index < -0.39 is 11.7 Å². The third-order valence-electron chi connectivity index (χ3n) is 5.25. The van der Waals surface area contributed by atoms with Gasteiger partial charge in [0, 0.05) is 17.3 Å². The molecule has 8 nitrogen and oxygen atoms in total. The molecule has 2 amide bonds. The average Bonchev–Trinajstić information content (AvgIpc) is 3.04. The molecule has 1 aromatic heterocycles. The molecule has 3 aromatic rings. The minimum Gasteiger partial charge on any atom is -0.489 e. The van der Waals surface area contributed by atoms with Crippen LogP contribution in [-0.2, 0) is 4.74 Å². The molecule has 0 aliphatic carbocycles. The third-order valence-corrected chi connectivity index (χ3v) is 5.80. The number of ether oxygens (including phenoxy) is 2. The van der Waals surface area contributed by atoms with E-state index in [1.54, 1.807) is 46.0 Å². The zero-order chi connectivity index (χ0) is 24.6. The summed E-state index contributed by atoms with van der Waals surface area (Å²) in [5.41, 5.74) is 3.28. The quantitative estimate of drug-likeness (QED) is 0.530. The van der Waals surface area contributed by atoms with Crippen molar-refractivity contribution in [1.29, 1.82) is 0 Å². The Labute approximate surface area is 203 Å². The number of hydrogen-bond donors (Lipinski definition) is 1. The van der Waals surface area contributed by atoms with Crippen LogP contribution >= 0.6 is 11.6 Å². The summed E-state index contributed by atoms with van der Waals surface area (Å²) in [5.74, 6) is 0.218. The first-order chi connectivity index (χ1) is 16.0. The third kappa shape index (κ3) is 4.87. The number of nitrogens with zero attached hydrogens (tertiary/aromatic N) is 3. The van der Waals surface area contributed by atoms with E-state index in [1.807, 2.05) is 40.7 Å². The molecule has 9 heteroatoms. The SMILES string of the molecule is Cc1nn(-c2cccc(C(=O)Nc3ccc4c(c3)OCCN4C(=O)OC(C)(C)C)c2)c(C)c1Cl. The van der Waals surface area contributed by atoms with Crippen LogP contribution in [0.2, 0.25) is 5.02 Å². The second kappa shape index (κ2) is 9.02. The highest BCUT2D eigenvalue weighted by atomic mass is 35.5. The van der Waals surface area contributed by atoms with Gasteiger partial charge in [0.15, 0.2) is 0 Å². The van der Waals surface area contributed by atoms with Gasteiger partial charge in [-0.2, -0.15) is 5.10 Å². The summed E-state index contributed by atoms with van der Waals surface area (Å²) in [7, 11) is 0. The highest BCUT2D eigenvalue weighted by molar-refractivity contribution is 6.31. The van der Waals surface area contributed by atoms with Gasteiger partial charge in [0.05, 0.1) is 34.3 Å². The monoisotopic (exact) mass is 482 g/mol. The van der Waals surface area contributed by atoms with E-state index in [-0.39, 0.29) is 5.91 Å². The fourth-order valence-electron chi connectivity index (χ4n) is 3.66. The molecule has 34 heavy (non-hydrogen) atoms. The van der Waals surface area contributed by atoms with Crippen molar-refractivity contribution < 1.29 is 19.1 Å². The van der Waals surface area contributed by atoms with E-state index in [4.69, 9.17) is 21.1 Å². The van der Waals surface area contributed by atoms with Crippen molar-refractivity contribution in [1.82, 2.24) is 9.78 Å². The van der Waals surface area contributed by atoms with Crippen molar-refractivity contribution in [2.75, 3.05) is 23.4 Å². The van der Waals surface area contributed by atoms with Crippen LogP contribution in [0.4, 0.5) is 16.2 Å². The van der Waals surface area contributed by atoms with Gasteiger partial charge in [0.1, 0.15) is 18.0 Å². The molecule has 0 saturated heterocycles. The van der Waals surface area contributed by atoms with Crippen molar-refractivity contribution in [2.24, 2.45) is 0 Å². The Morgan fingerprint density at radius 2 is 1.91 bits per heavy atom. The van der Waals surface area contributed by atoms with E-state index in [9.17, 15) is 9.59 Å². The van der Waals surface area contributed by atoms with E-state index in [0.29, 0.717) is 40.9 Å². The molecule has 0 fully saturated rings. The molecule has 1 aliphatic rings. The number of carbonyl (C=O) groups excluding carboxylic acids is 2. The summed E-state index contributed by atoms with van der Waals surface area (Å²) in [6.07, 6.45) is -0.435. The van der Waals surface area contributed by atoms with Gasteiger partial charge >= 0.3 is 6.09 Å². The highest BCUT2D eigenvalue weighted by Gasteiger charge is 2.28. The Bertz CT molecular complexity index is 1260. The summed E-state index contributed by atoms with van der Waals surface area (Å²) in [4.78, 5) is 27.1. The van der Waals surface area contributed by atoms with Gasteiger partial charge in [-0.15, -0.1) is 0 Å². The fraction of sp³-hybridized carbons (Fsp3) is 0.320. The van der Waals surface area contributed by atoms with Gasteiger partial charge in [-0.05, 0) is 65.0 Å². The van der Waals surface area contributed by atoms with Crippen molar-refractivity contribution in [2.45, 2.75) is 40.2 Å². The topological polar surface area (TPSA) is 85.7 Å². The van der Waals surface area contributed by atoms with E-state index in [2.05, 4.69) is 10.4 Å². The van der Waals surface area contributed by atoms with Gasteiger partial charge in [0.25, 0.3) is 5.91 Å². The van der Waals surface area contributed by atoms with Crippen LogP contribution in [0.5, 0.6) is 5.75 Å². The fourth-order valence-corrected chi connectivity index (χ4v) is 3.78. The van der Waals surface area contributed by atoms with Gasteiger partial charge in [-0.3, -0.25) is 9.69 Å². The molecule has 1 N–H and O–H groups in total. The molecule has 0 atom stereocenters. The van der Waals surface area contributed by atoms with Crippen LogP contribution in [0.15, 0.2) is 42.5 Å². The Balaban J connectivity index is 1.53. The molecular formula is C25H27ClN4O4. The van der Waals surface area contributed by atoms with Gasteiger partial charge in [-0.1, -0.05) is 17.7 Å². The molecule has 4 rings (SSSR count). The summed E-state index contributed by atoms with van der Waals surface area (Å²) in [6.45, 7) is 9.90. The molecule has 0 spiro atoms. The number of aryl methyl sites for hydroxylation is 1. The Morgan fingerprint density at radius 1 is 1.15 bits per heavy atom. The standard InChI is InChI=1S/C25H27ClN4O4/c1-15-22(26)16(2)30(28-15)19-8-6-7-17(13-19)23(31)27-18-9-10-20-21(14-18)33-12-11-29(20)24(32)34-25(3,4)5/h6-10,13-14H,11-12H2,1-5H3,(H,27,31). The minimum atomic E-state index is -0.600. The number of halogens is 1. The largest absolute Gasteiger partial charge is 0.489 e. The lowest BCUT2D eigenvalue weighted by molar-refractivity contribution is 0.0567. The summed E-state index contributed by atoms with van der Waals surface area (Å²) in [6, 6.07) is 12.3. The number of amides is 2. The molecular weight excluding hydrogens is 456 g/mol. The first kappa shape index (κ1) is 23.6. The first-order valence-electron chi connectivity index (χ1n) is 10.9. The number of rotatable bonds is 3. The molecule has 2 aromatic carbocycles. The van der Waals surface area contributed by atoms with Crippen LogP contribution in [0.1, 0.15) is 42.5 Å². The van der Waals surface area contributed by atoms with Crippen molar-refractivity contribution in [3.63, 3.8) is 0 Å². The van der Waals surface area contributed by atoms with Crippen LogP contribution in [0.25, 0.3) is 5.69 Å². The van der Waals surface area contributed by atoms with E-state index in [1.165, 1.54) is 0 Å². The number of hydrogen-bond acceptors (Lipinski definition) is 5. The maximum Gasteiger partial charge on any atom is 0.415 e. The van der Waals surface area contributed by atoms with E-state index in [0.717, 1.165) is 17.1 Å². The zero-order valence-electron chi connectivity index (χ0n) is 19.8. The number of carbonyl (C=O) groups is 2.